The van der Waals surface area contributed by atoms with E-state index in [0.29, 0.717) is 29.8 Å². The minimum Gasteiger partial charge on any atom is -0.435 e. The molecule has 0 saturated heterocycles. The monoisotopic (exact) mass is 502 g/mol. The second-order valence-corrected chi connectivity index (χ2v) is 7.90. The third kappa shape index (κ3) is 5.12. The van der Waals surface area contributed by atoms with Crippen LogP contribution >= 0.6 is 31.9 Å². The summed E-state index contributed by atoms with van der Waals surface area (Å²) in [6.07, 6.45) is 0. The van der Waals surface area contributed by atoms with Crippen LogP contribution in [0.5, 0.6) is 5.75 Å². The number of benzene rings is 2. The summed E-state index contributed by atoms with van der Waals surface area (Å²) in [7, 11) is 1.96. The molecule has 0 aliphatic carbocycles. The van der Waals surface area contributed by atoms with E-state index in [1.807, 2.05) is 13.1 Å². The van der Waals surface area contributed by atoms with Crippen LogP contribution < -0.4 is 15.2 Å². The summed E-state index contributed by atoms with van der Waals surface area (Å²) >= 11 is 6.81. The van der Waals surface area contributed by atoms with Crippen LogP contribution in [0.25, 0.3) is 10.9 Å². The molecule has 0 bridgehead atoms. The highest BCUT2D eigenvalue weighted by Crippen LogP contribution is 2.25. The normalized spacial score (nSPS) is 12.5. The predicted octanol–water partition coefficient (Wildman–Crippen LogP) is 3.26. The lowest BCUT2D eigenvalue weighted by atomic mass is 10.2. The molecule has 0 aliphatic rings. The molecule has 9 heteroatoms. The molecular weight excluding hydrogens is 488 g/mol. The van der Waals surface area contributed by atoms with E-state index in [9.17, 15) is 13.6 Å². The molecule has 3 rings (SSSR count). The van der Waals surface area contributed by atoms with Gasteiger partial charge in [-0.25, -0.2) is 4.98 Å². The third-order valence-electron chi connectivity index (χ3n) is 3.90. The van der Waals surface area contributed by atoms with Crippen molar-refractivity contribution in [1.29, 1.82) is 0 Å². The fourth-order valence-electron chi connectivity index (χ4n) is 2.78. The summed E-state index contributed by atoms with van der Waals surface area (Å²) < 4.78 is 30.3. The highest BCUT2D eigenvalue weighted by Gasteiger charge is 2.13. The molecule has 1 heterocycles. The standard InChI is InChI=1S/C18H15Br2F2N3O2/c1-25(8-10-2-4-12(5-3-10)27-18(21)22)9-15-23-16-13(17(26)24-15)6-11(19)7-14(16)20/h2-7,18H,8-9H2,1H3,(H,23,24,26)/p+1. The first-order valence-electron chi connectivity index (χ1n) is 8.05. The zero-order chi connectivity index (χ0) is 19.6. The maximum atomic E-state index is 12.3. The van der Waals surface area contributed by atoms with Crippen molar-refractivity contribution in [2.24, 2.45) is 0 Å². The van der Waals surface area contributed by atoms with Gasteiger partial charge >= 0.3 is 6.61 Å². The fraction of sp³-hybridized carbons (Fsp3) is 0.222. The minimum atomic E-state index is -2.83. The highest BCUT2D eigenvalue weighted by atomic mass is 79.9. The Bertz CT molecular complexity index is 1010. The second-order valence-electron chi connectivity index (χ2n) is 6.13. The van der Waals surface area contributed by atoms with Crippen molar-refractivity contribution in [2.45, 2.75) is 19.7 Å². The number of fused-ring (bicyclic) bond motifs is 1. The number of aromatic amines is 1. The maximum absolute atomic E-state index is 12.3. The van der Waals surface area contributed by atoms with E-state index in [0.717, 1.165) is 19.4 Å². The Hall–Kier alpha value is -1.84. The summed E-state index contributed by atoms with van der Waals surface area (Å²) in [5, 5.41) is 0.507. The number of hydrogen-bond acceptors (Lipinski definition) is 3. The van der Waals surface area contributed by atoms with Crippen LogP contribution in [-0.2, 0) is 13.1 Å². The molecule has 2 N–H and O–H groups in total. The van der Waals surface area contributed by atoms with Gasteiger partial charge < -0.3 is 14.6 Å². The molecule has 0 amide bonds. The largest absolute Gasteiger partial charge is 0.435 e. The van der Waals surface area contributed by atoms with E-state index in [-0.39, 0.29) is 11.3 Å². The Labute approximate surface area is 170 Å². The van der Waals surface area contributed by atoms with E-state index in [1.54, 1.807) is 18.2 Å². The van der Waals surface area contributed by atoms with Gasteiger partial charge in [0.05, 0.1) is 18.0 Å². The number of nitrogens with zero attached hydrogens (tertiary/aromatic N) is 1. The van der Waals surface area contributed by atoms with E-state index < -0.39 is 6.61 Å². The van der Waals surface area contributed by atoms with Gasteiger partial charge in [0.25, 0.3) is 5.56 Å². The minimum absolute atomic E-state index is 0.128. The molecule has 2 aromatic carbocycles. The Morgan fingerprint density at radius 1 is 1.19 bits per heavy atom. The number of ether oxygens (including phenoxy) is 1. The number of quaternary nitrogens is 1. The van der Waals surface area contributed by atoms with Crippen LogP contribution in [0.1, 0.15) is 11.4 Å². The molecule has 0 radical (unpaired) electrons. The van der Waals surface area contributed by atoms with Crippen LogP contribution in [-0.4, -0.2) is 23.6 Å². The van der Waals surface area contributed by atoms with Gasteiger partial charge in [-0.15, -0.1) is 0 Å². The van der Waals surface area contributed by atoms with E-state index in [2.05, 4.69) is 46.6 Å². The second kappa shape index (κ2) is 8.45. The van der Waals surface area contributed by atoms with Crippen molar-refractivity contribution in [3.63, 3.8) is 0 Å². The molecule has 27 heavy (non-hydrogen) atoms. The van der Waals surface area contributed by atoms with Gasteiger partial charge in [0.2, 0.25) is 0 Å². The Morgan fingerprint density at radius 3 is 2.56 bits per heavy atom. The molecule has 142 valence electrons. The van der Waals surface area contributed by atoms with E-state index in [1.165, 1.54) is 12.1 Å². The zero-order valence-corrected chi connectivity index (χ0v) is 17.4. The lowest BCUT2D eigenvalue weighted by Crippen LogP contribution is -3.06. The smallest absolute Gasteiger partial charge is 0.387 e. The van der Waals surface area contributed by atoms with Gasteiger partial charge in [-0.05, 0) is 52.3 Å². The summed E-state index contributed by atoms with van der Waals surface area (Å²) in [6, 6.07) is 10.1. The van der Waals surface area contributed by atoms with E-state index >= 15 is 0 Å². The van der Waals surface area contributed by atoms with E-state index in [4.69, 9.17) is 0 Å². The molecule has 5 nitrogen and oxygen atoms in total. The molecule has 0 aliphatic heterocycles. The van der Waals surface area contributed by atoms with Crippen molar-refractivity contribution in [1.82, 2.24) is 9.97 Å². The van der Waals surface area contributed by atoms with Gasteiger partial charge in [0.1, 0.15) is 18.8 Å². The number of alkyl halides is 2. The SMILES string of the molecule is C[NH+](Cc1ccc(OC(F)F)cc1)Cc1nc2c(Br)cc(Br)cc2c(=O)[nH]1. The quantitative estimate of drug-likeness (QED) is 0.542. The van der Waals surface area contributed by atoms with Crippen molar-refractivity contribution < 1.29 is 18.4 Å². The van der Waals surface area contributed by atoms with Crippen molar-refractivity contribution in [3.05, 3.63) is 67.1 Å². The van der Waals surface area contributed by atoms with Gasteiger partial charge in [0, 0.05) is 14.5 Å². The van der Waals surface area contributed by atoms with Crippen LogP contribution in [0.2, 0.25) is 0 Å². The summed E-state index contributed by atoms with van der Waals surface area (Å²) in [6.45, 7) is -1.69. The molecule has 0 spiro atoms. The average Bonchev–Trinajstić information content (AvgIpc) is 2.57. The first-order valence-corrected chi connectivity index (χ1v) is 9.63. The number of aromatic nitrogens is 2. The molecule has 3 aromatic rings. The molecule has 1 unspecified atom stereocenters. The van der Waals surface area contributed by atoms with Gasteiger partial charge in [-0.2, -0.15) is 8.78 Å². The highest BCUT2D eigenvalue weighted by molar-refractivity contribution is 9.11. The summed E-state index contributed by atoms with van der Waals surface area (Å²) in [4.78, 5) is 20.8. The predicted molar refractivity (Wildman–Crippen MR) is 105 cm³/mol. The lowest BCUT2D eigenvalue weighted by Gasteiger charge is -2.14. The fourth-order valence-corrected chi connectivity index (χ4v) is 4.10. The van der Waals surface area contributed by atoms with Gasteiger partial charge in [-0.1, -0.05) is 15.9 Å². The Morgan fingerprint density at radius 2 is 1.89 bits per heavy atom. The van der Waals surface area contributed by atoms with Gasteiger partial charge in [0.15, 0.2) is 5.82 Å². The first-order chi connectivity index (χ1) is 12.8. The first kappa shape index (κ1) is 19.9. The van der Waals surface area contributed by atoms with Crippen molar-refractivity contribution >= 4 is 42.8 Å². The molecule has 0 saturated carbocycles. The molecule has 1 aromatic heterocycles. The van der Waals surface area contributed by atoms with Crippen LogP contribution in [0.15, 0.2) is 50.1 Å². The number of H-pyrrole nitrogens is 1. The number of hydrogen-bond donors (Lipinski definition) is 2. The molecule has 1 atom stereocenters. The van der Waals surface area contributed by atoms with Crippen molar-refractivity contribution in [2.75, 3.05) is 7.05 Å². The van der Waals surface area contributed by atoms with Crippen LogP contribution in [0, 0.1) is 0 Å². The number of rotatable bonds is 6. The molecular formula is C18H16Br2F2N3O2+. The number of nitrogens with one attached hydrogen (secondary N) is 2. The van der Waals surface area contributed by atoms with Crippen LogP contribution in [0.3, 0.4) is 0 Å². The van der Waals surface area contributed by atoms with Gasteiger partial charge in [-0.3, -0.25) is 4.79 Å². The summed E-state index contributed by atoms with van der Waals surface area (Å²) in [5.41, 5.74) is 1.37. The van der Waals surface area contributed by atoms with Crippen molar-refractivity contribution in [3.8, 4) is 5.75 Å². The maximum Gasteiger partial charge on any atom is 0.387 e. The Kier molecular flexibility index (Phi) is 6.23. The Balaban J connectivity index is 1.74. The third-order valence-corrected chi connectivity index (χ3v) is 4.96. The topological polar surface area (TPSA) is 59.4 Å². The number of halogens is 4. The molecule has 0 fully saturated rings. The summed E-state index contributed by atoms with van der Waals surface area (Å²) in [5.74, 6) is 0.702. The van der Waals surface area contributed by atoms with Crippen LogP contribution in [0.4, 0.5) is 8.78 Å². The average molecular weight is 504 g/mol. The lowest BCUT2D eigenvalue weighted by molar-refractivity contribution is -0.908. The zero-order valence-electron chi connectivity index (χ0n) is 14.2.